The molecule has 0 amide bonds. The number of ether oxygens (including phenoxy) is 4. The maximum Gasteiger partial charge on any atom is 0.239 e. The molecular formula is C20H18NO4+. The van der Waals surface area contributed by atoms with Crippen LogP contribution in [-0.2, 0) is 18.9 Å². The zero-order chi connectivity index (χ0) is 17.0. The second-order valence-corrected chi connectivity index (χ2v) is 6.18. The van der Waals surface area contributed by atoms with Gasteiger partial charge in [0.15, 0.2) is 23.8 Å². The number of fused-ring (bicyclic) bond motifs is 5. The molecule has 4 aliphatic rings. The van der Waals surface area contributed by atoms with Crippen molar-refractivity contribution >= 4 is 5.57 Å². The van der Waals surface area contributed by atoms with Crippen molar-refractivity contribution in [2.24, 2.45) is 5.92 Å². The third kappa shape index (κ3) is 1.86. The van der Waals surface area contributed by atoms with Gasteiger partial charge in [0.2, 0.25) is 23.6 Å². The lowest BCUT2D eigenvalue weighted by Gasteiger charge is -2.29. The molecule has 3 aliphatic heterocycles. The van der Waals surface area contributed by atoms with Gasteiger partial charge in [0.1, 0.15) is 5.92 Å². The SMILES string of the molecule is COC1=C2C3C(OC)=C4OCOC4=CC3=c3ccccc3=[N+]2CC=C1. The van der Waals surface area contributed by atoms with Gasteiger partial charge < -0.3 is 18.9 Å². The number of hydrogen-bond donors (Lipinski definition) is 0. The molecule has 1 aromatic carbocycles. The topological polar surface area (TPSA) is 39.9 Å². The summed E-state index contributed by atoms with van der Waals surface area (Å²) in [6, 6.07) is 8.40. The first-order valence-corrected chi connectivity index (χ1v) is 8.27. The van der Waals surface area contributed by atoms with E-state index in [0.717, 1.165) is 40.4 Å². The Bertz CT molecular complexity index is 1030. The van der Waals surface area contributed by atoms with Crippen LogP contribution >= 0.6 is 0 Å². The molecule has 0 saturated carbocycles. The summed E-state index contributed by atoms with van der Waals surface area (Å²) >= 11 is 0. The predicted octanol–water partition coefficient (Wildman–Crippen LogP) is 1.15. The molecule has 1 aromatic rings. The summed E-state index contributed by atoms with van der Waals surface area (Å²) < 4.78 is 25.1. The van der Waals surface area contributed by atoms with Crippen LogP contribution in [0.3, 0.4) is 0 Å². The van der Waals surface area contributed by atoms with Crippen molar-refractivity contribution in [2.45, 2.75) is 0 Å². The summed E-state index contributed by atoms with van der Waals surface area (Å²) in [6.07, 6.45) is 6.22. The highest BCUT2D eigenvalue weighted by Gasteiger charge is 2.45. The Hall–Kier alpha value is -2.95. The third-order valence-electron chi connectivity index (χ3n) is 5.04. The lowest BCUT2D eigenvalue weighted by molar-refractivity contribution is 0.0924. The molecule has 0 spiro atoms. The van der Waals surface area contributed by atoms with Gasteiger partial charge in [-0.1, -0.05) is 12.1 Å². The van der Waals surface area contributed by atoms with E-state index in [2.05, 4.69) is 41.0 Å². The largest absolute Gasteiger partial charge is 0.496 e. The van der Waals surface area contributed by atoms with Crippen LogP contribution in [0.2, 0.25) is 0 Å². The zero-order valence-corrected chi connectivity index (χ0v) is 14.1. The maximum absolute atomic E-state index is 5.80. The fourth-order valence-electron chi connectivity index (χ4n) is 4.03. The van der Waals surface area contributed by atoms with Crippen molar-refractivity contribution in [3.8, 4) is 0 Å². The summed E-state index contributed by atoms with van der Waals surface area (Å²) in [4.78, 5) is 0. The Balaban J connectivity index is 1.95. The quantitative estimate of drug-likeness (QED) is 0.760. The molecule has 1 atom stereocenters. The first-order valence-electron chi connectivity index (χ1n) is 8.27. The van der Waals surface area contributed by atoms with Crippen LogP contribution in [0.4, 0.5) is 0 Å². The van der Waals surface area contributed by atoms with E-state index in [1.807, 2.05) is 6.08 Å². The molecule has 0 bridgehead atoms. The van der Waals surface area contributed by atoms with Crippen molar-refractivity contribution < 1.29 is 18.9 Å². The van der Waals surface area contributed by atoms with E-state index in [0.29, 0.717) is 5.76 Å². The summed E-state index contributed by atoms with van der Waals surface area (Å²) in [5.41, 5.74) is 2.22. The van der Waals surface area contributed by atoms with Crippen LogP contribution in [0.5, 0.6) is 0 Å². The number of methoxy groups -OCH3 is 2. The highest BCUT2D eigenvalue weighted by Crippen LogP contribution is 2.43. The summed E-state index contributed by atoms with van der Waals surface area (Å²) in [7, 11) is 3.39. The van der Waals surface area contributed by atoms with Crippen LogP contribution in [0.25, 0.3) is 5.57 Å². The molecule has 5 heteroatoms. The molecule has 5 nitrogen and oxygen atoms in total. The highest BCUT2D eigenvalue weighted by atomic mass is 16.7. The van der Waals surface area contributed by atoms with Crippen molar-refractivity contribution in [3.63, 3.8) is 0 Å². The average molecular weight is 336 g/mol. The van der Waals surface area contributed by atoms with Crippen molar-refractivity contribution in [3.05, 3.63) is 81.8 Å². The fourth-order valence-corrected chi connectivity index (χ4v) is 4.03. The van der Waals surface area contributed by atoms with Crippen LogP contribution in [0.1, 0.15) is 0 Å². The normalized spacial score (nSPS) is 23.1. The van der Waals surface area contributed by atoms with Gasteiger partial charge in [-0.3, -0.25) is 0 Å². The Kier molecular flexibility index (Phi) is 3.04. The first kappa shape index (κ1) is 14.4. The summed E-state index contributed by atoms with van der Waals surface area (Å²) in [6.45, 7) is 1.01. The monoisotopic (exact) mass is 336 g/mol. The second-order valence-electron chi connectivity index (χ2n) is 6.18. The van der Waals surface area contributed by atoms with Crippen LogP contribution in [0, 0.1) is 5.92 Å². The van der Waals surface area contributed by atoms with Gasteiger partial charge in [-0.2, -0.15) is 4.58 Å². The van der Waals surface area contributed by atoms with Crippen molar-refractivity contribution in [2.75, 3.05) is 27.6 Å². The van der Waals surface area contributed by atoms with Crippen LogP contribution in [-0.4, -0.2) is 27.6 Å². The molecule has 1 saturated heterocycles. The van der Waals surface area contributed by atoms with Gasteiger partial charge >= 0.3 is 0 Å². The lowest BCUT2D eigenvalue weighted by Crippen LogP contribution is -2.49. The number of benzene rings is 1. The van der Waals surface area contributed by atoms with E-state index < -0.39 is 0 Å². The molecule has 0 aromatic heterocycles. The lowest BCUT2D eigenvalue weighted by atomic mass is 9.83. The molecule has 0 N–H and O–H groups in total. The number of allylic oxidation sites excluding steroid dienone is 2. The molecule has 1 unspecified atom stereocenters. The zero-order valence-electron chi connectivity index (χ0n) is 14.1. The van der Waals surface area contributed by atoms with E-state index in [-0.39, 0.29) is 12.7 Å². The van der Waals surface area contributed by atoms with E-state index in [1.165, 1.54) is 5.22 Å². The standard InChI is InChI=1S/C20H18NO4/c1-22-15-8-5-9-21-14-7-4-3-6-12(14)13-10-16-19(25-11-24-16)20(23-2)17(13)18(15)21/h3-8,10,17H,9,11H2,1-2H3/q+1. The minimum atomic E-state index is -0.0831. The van der Waals surface area contributed by atoms with Gasteiger partial charge in [0.25, 0.3) is 0 Å². The first-order chi connectivity index (χ1) is 12.3. The van der Waals surface area contributed by atoms with Gasteiger partial charge in [-0.05, 0) is 29.9 Å². The van der Waals surface area contributed by atoms with Crippen LogP contribution < -0.4 is 15.2 Å². The Morgan fingerprint density at radius 1 is 1.12 bits per heavy atom. The minimum absolute atomic E-state index is 0.0831. The van der Waals surface area contributed by atoms with Gasteiger partial charge in [0.05, 0.1) is 19.4 Å². The van der Waals surface area contributed by atoms with Crippen molar-refractivity contribution in [1.29, 1.82) is 0 Å². The smallest absolute Gasteiger partial charge is 0.239 e. The van der Waals surface area contributed by atoms with Crippen molar-refractivity contribution in [1.82, 2.24) is 4.58 Å². The second kappa shape index (κ2) is 5.28. The molecule has 3 heterocycles. The third-order valence-corrected chi connectivity index (χ3v) is 5.04. The molecule has 1 aliphatic carbocycles. The minimum Gasteiger partial charge on any atom is -0.496 e. The molecule has 1 fully saturated rings. The number of rotatable bonds is 2. The summed E-state index contributed by atoms with van der Waals surface area (Å²) in [5.74, 6) is 2.95. The number of hydrogen-bond acceptors (Lipinski definition) is 4. The molecule has 0 radical (unpaired) electrons. The van der Waals surface area contributed by atoms with Gasteiger partial charge in [-0.15, -0.1) is 0 Å². The highest BCUT2D eigenvalue weighted by molar-refractivity contribution is 5.72. The Morgan fingerprint density at radius 2 is 2.00 bits per heavy atom. The van der Waals surface area contributed by atoms with Gasteiger partial charge in [0, 0.05) is 6.07 Å². The van der Waals surface area contributed by atoms with Gasteiger partial charge in [-0.25, -0.2) is 0 Å². The van der Waals surface area contributed by atoms with E-state index >= 15 is 0 Å². The fraction of sp³-hybridized carbons (Fsp3) is 0.250. The molecule has 25 heavy (non-hydrogen) atoms. The number of nitrogens with zero attached hydrogens (tertiary/aromatic N) is 1. The maximum atomic E-state index is 5.80. The molecular weight excluding hydrogens is 318 g/mol. The predicted molar refractivity (Wildman–Crippen MR) is 91.0 cm³/mol. The summed E-state index contributed by atoms with van der Waals surface area (Å²) in [5, 5.41) is 2.34. The Labute approximate surface area is 145 Å². The Morgan fingerprint density at radius 3 is 2.84 bits per heavy atom. The average Bonchev–Trinajstić information content (AvgIpc) is 3.14. The van der Waals surface area contributed by atoms with E-state index in [1.54, 1.807) is 14.2 Å². The number of para-hydroxylation sites is 1. The van der Waals surface area contributed by atoms with E-state index in [9.17, 15) is 0 Å². The molecule has 126 valence electrons. The van der Waals surface area contributed by atoms with Crippen LogP contribution in [0.15, 0.2) is 71.2 Å². The van der Waals surface area contributed by atoms with E-state index in [4.69, 9.17) is 18.9 Å². The molecule has 5 rings (SSSR count).